The first-order valence-electron chi connectivity index (χ1n) is 5.44. The van der Waals surface area contributed by atoms with E-state index in [1.807, 2.05) is 32.0 Å². The van der Waals surface area contributed by atoms with Crippen LogP contribution in [0.2, 0.25) is 0 Å². The SMILES string of the molecule is CC(C)N(C(N)=O)c1ccc2c(c1)OCC2. The lowest BCUT2D eigenvalue weighted by Crippen LogP contribution is -2.40. The van der Waals surface area contributed by atoms with E-state index >= 15 is 0 Å². The molecule has 2 amide bonds. The molecule has 4 heteroatoms. The van der Waals surface area contributed by atoms with Gasteiger partial charge in [0.25, 0.3) is 0 Å². The van der Waals surface area contributed by atoms with Gasteiger partial charge < -0.3 is 10.5 Å². The van der Waals surface area contributed by atoms with Gasteiger partial charge in [0.1, 0.15) is 5.75 Å². The lowest BCUT2D eigenvalue weighted by Gasteiger charge is -2.25. The molecule has 1 aliphatic heterocycles. The van der Waals surface area contributed by atoms with Crippen LogP contribution in [0, 0.1) is 0 Å². The summed E-state index contributed by atoms with van der Waals surface area (Å²) in [5.41, 5.74) is 7.35. The van der Waals surface area contributed by atoms with Gasteiger partial charge in [-0.05, 0) is 25.5 Å². The number of fused-ring (bicyclic) bond motifs is 1. The Hall–Kier alpha value is -1.71. The summed E-state index contributed by atoms with van der Waals surface area (Å²) in [6.45, 7) is 4.58. The topological polar surface area (TPSA) is 55.6 Å². The molecule has 1 aliphatic rings. The molecule has 1 heterocycles. The van der Waals surface area contributed by atoms with E-state index in [2.05, 4.69) is 0 Å². The van der Waals surface area contributed by atoms with Crippen LogP contribution in [0.3, 0.4) is 0 Å². The van der Waals surface area contributed by atoms with Crippen molar-refractivity contribution in [3.8, 4) is 5.75 Å². The van der Waals surface area contributed by atoms with Crippen molar-refractivity contribution in [1.82, 2.24) is 0 Å². The van der Waals surface area contributed by atoms with E-state index in [1.54, 1.807) is 4.90 Å². The van der Waals surface area contributed by atoms with Crippen LogP contribution in [0.4, 0.5) is 10.5 Å². The molecule has 0 aromatic heterocycles. The molecule has 1 aromatic rings. The zero-order chi connectivity index (χ0) is 11.7. The van der Waals surface area contributed by atoms with Crippen LogP contribution < -0.4 is 15.4 Å². The summed E-state index contributed by atoms with van der Waals surface area (Å²) in [7, 11) is 0. The van der Waals surface area contributed by atoms with Crippen molar-refractivity contribution < 1.29 is 9.53 Å². The number of carbonyl (C=O) groups excluding carboxylic acids is 1. The van der Waals surface area contributed by atoms with E-state index in [0.717, 1.165) is 24.5 Å². The maximum atomic E-state index is 11.3. The van der Waals surface area contributed by atoms with Gasteiger partial charge in [0.2, 0.25) is 0 Å². The van der Waals surface area contributed by atoms with E-state index in [-0.39, 0.29) is 6.04 Å². The third kappa shape index (κ3) is 1.83. The van der Waals surface area contributed by atoms with E-state index in [4.69, 9.17) is 10.5 Å². The minimum Gasteiger partial charge on any atom is -0.493 e. The molecular weight excluding hydrogens is 204 g/mol. The highest BCUT2D eigenvalue weighted by molar-refractivity contribution is 5.91. The number of nitrogens with two attached hydrogens (primary N) is 1. The number of primary amides is 1. The van der Waals surface area contributed by atoms with Crippen LogP contribution >= 0.6 is 0 Å². The summed E-state index contributed by atoms with van der Waals surface area (Å²) in [6.07, 6.45) is 0.938. The Morgan fingerprint density at radius 1 is 1.50 bits per heavy atom. The Morgan fingerprint density at radius 2 is 2.25 bits per heavy atom. The summed E-state index contributed by atoms with van der Waals surface area (Å²) < 4.78 is 5.47. The minimum absolute atomic E-state index is 0.0388. The number of amides is 2. The third-order valence-electron chi connectivity index (χ3n) is 2.71. The van der Waals surface area contributed by atoms with Crippen LogP contribution in [0.25, 0.3) is 0 Å². The van der Waals surface area contributed by atoms with E-state index in [1.165, 1.54) is 5.56 Å². The average Bonchev–Trinajstić information content (AvgIpc) is 2.63. The highest BCUT2D eigenvalue weighted by Gasteiger charge is 2.19. The highest BCUT2D eigenvalue weighted by atomic mass is 16.5. The van der Waals surface area contributed by atoms with Gasteiger partial charge >= 0.3 is 6.03 Å². The first kappa shape index (κ1) is 10.8. The molecule has 0 spiro atoms. The molecule has 0 bridgehead atoms. The van der Waals surface area contributed by atoms with Crippen molar-refractivity contribution in [2.24, 2.45) is 5.73 Å². The van der Waals surface area contributed by atoms with Crippen molar-refractivity contribution >= 4 is 11.7 Å². The predicted octanol–water partition coefficient (Wildman–Crippen LogP) is 1.92. The quantitative estimate of drug-likeness (QED) is 0.827. The van der Waals surface area contributed by atoms with Crippen molar-refractivity contribution in [2.75, 3.05) is 11.5 Å². The highest BCUT2D eigenvalue weighted by Crippen LogP contribution is 2.30. The number of nitrogens with zero attached hydrogens (tertiary/aromatic N) is 1. The molecule has 0 saturated heterocycles. The number of carbonyl (C=O) groups is 1. The van der Waals surface area contributed by atoms with Crippen LogP contribution in [0.15, 0.2) is 18.2 Å². The summed E-state index contributed by atoms with van der Waals surface area (Å²) in [6, 6.07) is 5.39. The Balaban J connectivity index is 2.35. The number of hydrogen-bond donors (Lipinski definition) is 1. The van der Waals surface area contributed by atoms with Gasteiger partial charge in [-0.25, -0.2) is 4.79 Å². The van der Waals surface area contributed by atoms with Gasteiger partial charge in [-0.2, -0.15) is 0 Å². The second kappa shape index (κ2) is 4.04. The number of urea groups is 1. The molecule has 0 fully saturated rings. The number of rotatable bonds is 2. The van der Waals surface area contributed by atoms with Crippen LogP contribution in [-0.4, -0.2) is 18.7 Å². The van der Waals surface area contributed by atoms with Gasteiger partial charge in [0.05, 0.1) is 6.61 Å². The largest absolute Gasteiger partial charge is 0.493 e. The van der Waals surface area contributed by atoms with Crippen molar-refractivity contribution in [1.29, 1.82) is 0 Å². The van der Waals surface area contributed by atoms with Crippen LogP contribution in [0.1, 0.15) is 19.4 Å². The molecule has 0 saturated carbocycles. The lowest BCUT2D eigenvalue weighted by atomic mass is 10.1. The van der Waals surface area contributed by atoms with Crippen molar-refractivity contribution in [3.63, 3.8) is 0 Å². The molecule has 0 aliphatic carbocycles. The first-order chi connectivity index (χ1) is 7.59. The molecule has 0 atom stereocenters. The van der Waals surface area contributed by atoms with Crippen molar-refractivity contribution in [2.45, 2.75) is 26.3 Å². The number of benzene rings is 1. The zero-order valence-electron chi connectivity index (χ0n) is 9.56. The summed E-state index contributed by atoms with van der Waals surface area (Å²) in [5, 5.41) is 0. The fraction of sp³-hybridized carbons (Fsp3) is 0.417. The fourth-order valence-electron chi connectivity index (χ4n) is 1.98. The molecule has 2 N–H and O–H groups in total. The van der Waals surface area contributed by atoms with Gasteiger partial charge in [0, 0.05) is 24.2 Å². The molecule has 2 rings (SSSR count). The maximum absolute atomic E-state index is 11.3. The molecule has 0 radical (unpaired) electrons. The third-order valence-corrected chi connectivity index (χ3v) is 2.71. The standard InChI is InChI=1S/C12H16N2O2/c1-8(2)14(12(13)15)10-4-3-9-5-6-16-11(9)7-10/h3-4,7-8H,5-6H2,1-2H3,(H2,13,15). The Kier molecular flexibility index (Phi) is 2.73. The molecule has 16 heavy (non-hydrogen) atoms. The molecule has 86 valence electrons. The van der Waals surface area contributed by atoms with E-state index in [9.17, 15) is 4.79 Å². The van der Waals surface area contributed by atoms with Crippen LogP contribution in [0.5, 0.6) is 5.75 Å². The molecule has 0 unspecified atom stereocenters. The average molecular weight is 220 g/mol. The Labute approximate surface area is 95.0 Å². The fourth-order valence-corrected chi connectivity index (χ4v) is 1.98. The normalized spacial score (nSPS) is 13.4. The number of hydrogen-bond acceptors (Lipinski definition) is 2. The summed E-state index contributed by atoms with van der Waals surface area (Å²) in [5.74, 6) is 0.865. The van der Waals surface area contributed by atoms with E-state index < -0.39 is 6.03 Å². The zero-order valence-corrected chi connectivity index (χ0v) is 9.56. The monoisotopic (exact) mass is 220 g/mol. The maximum Gasteiger partial charge on any atom is 0.319 e. The number of anilines is 1. The van der Waals surface area contributed by atoms with Gasteiger partial charge in [-0.15, -0.1) is 0 Å². The van der Waals surface area contributed by atoms with Gasteiger partial charge in [-0.3, -0.25) is 4.90 Å². The Morgan fingerprint density at radius 3 is 2.88 bits per heavy atom. The summed E-state index contributed by atoms with van der Waals surface area (Å²) in [4.78, 5) is 12.9. The molecular formula is C12H16N2O2. The minimum atomic E-state index is -0.437. The van der Waals surface area contributed by atoms with E-state index in [0.29, 0.717) is 0 Å². The Bertz CT molecular complexity index is 415. The van der Waals surface area contributed by atoms with Crippen LogP contribution in [-0.2, 0) is 6.42 Å². The smallest absolute Gasteiger partial charge is 0.319 e. The van der Waals surface area contributed by atoms with Gasteiger partial charge in [-0.1, -0.05) is 6.07 Å². The lowest BCUT2D eigenvalue weighted by molar-refractivity contribution is 0.252. The predicted molar refractivity (Wildman–Crippen MR) is 62.8 cm³/mol. The second-order valence-electron chi connectivity index (χ2n) is 4.19. The van der Waals surface area contributed by atoms with Gasteiger partial charge in [0.15, 0.2) is 0 Å². The molecule has 4 nitrogen and oxygen atoms in total. The molecule has 1 aromatic carbocycles. The second-order valence-corrected chi connectivity index (χ2v) is 4.19. The number of ether oxygens (including phenoxy) is 1. The first-order valence-corrected chi connectivity index (χ1v) is 5.44. The summed E-state index contributed by atoms with van der Waals surface area (Å²) >= 11 is 0. The van der Waals surface area contributed by atoms with Crippen molar-refractivity contribution in [3.05, 3.63) is 23.8 Å².